The summed E-state index contributed by atoms with van der Waals surface area (Å²) in [5.74, 6) is 0. The Bertz CT molecular complexity index is 81.7. The fraction of sp³-hybridized carbons (Fsp3) is 0. The van der Waals surface area contributed by atoms with Gasteiger partial charge in [0.2, 0.25) is 0 Å². The second-order valence-electron chi connectivity index (χ2n) is 0.387. The molecule has 0 fully saturated rings. The number of rotatable bonds is 0. The van der Waals surface area contributed by atoms with E-state index in [4.69, 9.17) is 35.6 Å². The average Bonchev–Trinajstić information content (AvgIpc) is 1.65. The standard InChI is InChI=1S/HNO3.2HNO2.Pt/c2-1(3)4;2*2-1-3;/h(H,2,3,4);2*(H,2,3);/p-2. The molecule has 0 unspecified atom stereocenters. The number of hydrogen-bond donors (Lipinski definition) is 1. The van der Waals surface area contributed by atoms with E-state index in [0.29, 0.717) is 0 Å². The van der Waals surface area contributed by atoms with Crippen molar-refractivity contribution in [2.75, 3.05) is 0 Å². The normalized spacial score (nSPS) is 4.36. The van der Waals surface area contributed by atoms with Gasteiger partial charge in [0.25, 0.3) is 5.09 Å². The first-order valence-electron chi connectivity index (χ1n) is 1.30. The summed E-state index contributed by atoms with van der Waals surface area (Å²) in [6.45, 7) is 0. The minimum Gasteiger partial charge on any atom is -0.444 e. The predicted octanol–water partition coefficient (Wildman–Crippen LogP) is 0.151. The van der Waals surface area contributed by atoms with Gasteiger partial charge in [-0.25, -0.2) is 0 Å². The van der Waals surface area contributed by atoms with Gasteiger partial charge in [-0.2, -0.15) is 0 Å². The SMILES string of the molecule is O=N[O-].O=N[O-].O=[N+]([O-])O.[Pt]. The fourth-order valence-electron chi connectivity index (χ4n) is 0. The second-order valence-corrected chi connectivity index (χ2v) is 0.387. The smallest absolute Gasteiger partial charge is 0.291 e. The molecule has 0 aromatic rings. The van der Waals surface area contributed by atoms with Crippen LogP contribution in [0.3, 0.4) is 0 Å². The summed E-state index contributed by atoms with van der Waals surface area (Å²) in [6.07, 6.45) is 0. The van der Waals surface area contributed by atoms with E-state index in [9.17, 15) is 0 Å². The third-order valence-corrected chi connectivity index (χ3v) is 0. The number of hydrogen-bond acceptors (Lipinski definition) is 8. The van der Waals surface area contributed by atoms with E-state index in [1.807, 2.05) is 0 Å². The molecule has 0 aliphatic rings. The summed E-state index contributed by atoms with van der Waals surface area (Å²) in [7, 11) is 0. The maximum Gasteiger partial charge on any atom is 0.291 e. The van der Waals surface area contributed by atoms with Gasteiger partial charge < -0.3 is 25.4 Å². The molecular weight excluding hydrogens is 349 g/mol. The molecule has 0 radical (unpaired) electrons. The molecule has 0 aliphatic carbocycles. The maximum atomic E-state index is 8.36. The van der Waals surface area contributed by atoms with E-state index in [-0.39, 0.29) is 21.1 Å². The molecule has 0 aliphatic heterocycles. The topological polar surface area (TPSA) is 168 Å². The minimum absolute atomic E-state index is 0. The van der Waals surface area contributed by atoms with Crippen molar-refractivity contribution in [1.82, 2.24) is 0 Å². The van der Waals surface area contributed by atoms with Crippen LogP contribution in [-0.2, 0) is 21.1 Å². The third-order valence-electron chi connectivity index (χ3n) is 0. The van der Waals surface area contributed by atoms with Crippen LogP contribution in [0.5, 0.6) is 0 Å². The zero-order valence-electron chi connectivity index (χ0n) is 4.55. The molecule has 0 heterocycles. The van der Waals surface area contributed by atoms with Crippen LogP contribution in [0.1, 0.15) is 0 Å². The quantitative estimate of drug-likeness (QED) is 0.368. The monoisotopic (exact) mass is 350 g/mol. The van der Waals surface area contributed by atoms with E-state index in [1.54, 1.807) is 0 Å². The van der Waals surface area contributed by atoms with Crippen molar-refractivity contribution >= 4 is 0 Å². The first-order valence-corrected chi connectivity index (χ1v) is 1.30. The molecule has 0 aromatic carbocycles. The van der Waals surface area contributed by atoms with Crippen molar-refractivity contribution < 1.29 is 31.4 Å². The van der Waals surface area contributed by atoms with Gasteiger partial charge >= 0.3 is 0 Å². The Labute approximate surface area is 73.1 Å². The molecule has 1 N–H and O–H groups in total. The van der Waals surface area contributed by atoms with Gasteiger partial charge in [0.1, 0.15) is 0 Å². The molecule has 11 heavy (non-hydrogen) atoms. The van der Waals surface area contributed by atoms with Gasteiger partial charge in [0.05, 0.1) is 0 Å². The Hall–Kier alpha value is -1.31. The summed E-state index contributed by atoms with van der Waals surface area (Å²) in [5.41, 5.74) is 0. The second kappa shape index (κ2) is 37.8. The Kier molecular flexibility index (Phi) is 77.6. The Morgan fingerprint density at radius 1 is 1.18 bits per heavy atom. The average molecular weight is 350 g/mol. The summed E-state index contributed by atoms with van der Waals surface area (Å²) in [6, 6.07) is 0. The molecule has 0 spiro atoms. The van der Waals surface area contributed by atoms with Crippen LogP contribution < -0.4 is 0 Å². The zero-order valence-corrected chi connectivity index (χ0v) is 6.83. The van der Waals surface area contributed by atoms with Gasteiger partial charge in [0, 0.05) is 21.1 Å². The van der Waals surface area contributed by atoms with E-state index < -0.39 is 5.09 Å². The fourth-order valence-corrected chi connectivity index (χ4v) is 0. The van der Waals surface area contributed by atoms with Crippen molar-refractivity contribution in [2.45, 2.75) is 0 Å². The van der Waals surface area contributed by atoms with Gasteiger partial charge in [-0.1, -0.05) is 0 Å². The van der Waals surface area contributed by atoms with Crippen LogP contribution in [0.25, 0.3) is 0 Å². The maximum absolute atomic E-state index is 8.36. The van der Waals surface area contributed by atoms with E-state index in [0.717, 1.165) is 10.7 Å². The molecule has 0 bridgehead atoms. The summed E-state index contributed by atoms with van der Waals surface area (Å²) in [4.78, 5) is 24.4. The zero-order chi connectivity index (χ0) is 8.99. The van der Waals surface area contributed by atoms with E-state index in [2.05, 4.69) is 0 Å². The minimum atomic E-state index is -1.50. The van der Waals surface area contributed by atoms with Crippen LogP contribution >= 0.6 is 0 Å². The van der Waals surface area contributed by atoms with E-state index >= 15 is 0 Å². The summed E-state index contributed by atoms with van der Waals surface area (Å²) in [5, 5.41) is 31.6. The molecule has 0 aromatic heterocycles. The molecule has 10 nitrogen and oxygen atoms in total. The van der Waals surface area contributed by atoms with Crippen molar-refractivity contribution in [1.29, 1.82) is 0 Å². The summed E-state index contributed by atoms with van der Waals surface area (Å²) < 4.78 is 0. The van der Waals surface area contributed by atoms with Crippen LogP contribution in [0.4, 0.5) is 0 Å². The van der Waals surface area contributed by atoms with Crippen molar-refractivity contribution in [3.05, 3.63) is 30.3 Å². The molecule has 70 valence electrons. The Morgan fingerprint density at radius 3 is 1.18 bits per heavy atom. The Balaban J connectivity index is -0.0000000325. The molecule has 0 amide bonds. The molecule has 0 saturated carbocycles. The molecule has 0 rings (SSSR count). The molecule has 0 atom stereocenters. The van der Waals surface area contributed by atoms with Crippen molar-refractivity contribution in [2.24, 2.45) is 10.7 Å². The first-order chi connectivity index (χ1) is 4.56. The molecule has 11 heteroatoms. The predicted molar refractivity (Wildman–Crippen MR) is 27.1 cm³/mol. The van der Waals surface area contributed by atoms with E-state index in [1.165, 1.54) is 0 Å². The largest absolute Gasteiger partial charge is 0.444 e. The van der Waals surface area contributed by atoms with Crippen molar-refractivity contribution in [3.63, 3.8) is 0 Å². The van der Waals surface area contributed by atoms with Crippen LogP contribution in [0.15, 0.2) is 10.7 Å². The van der Waals surface area contributed by atoms with Gasteiger partial charge in [0.15, 0.2) is 0 Å². The molecule has 0 saturated heterocycles. The first kappa shape index (κ1) is 22.6. The van der Waals surface area contributed by atoms with Crippen LogP contribution in [0, 0.1) is 30.3 Å². The number of nitrogens with zero attached hydrogens (tertiary/aromatic N) is 3. The van der Waals surface area contributed by atoms with Gasteiger partial charge in [-0.3, -0.25) is 0 Å². The van der Waals surface area contributed by atoms with Gasteiger partial charge in [-0.05, 0) is 0 Å². The van der Waals surface area contributed by atoms with Crippen LogP contribution in [-0.4, -0.2) is 10.3 Å². The molecular formula is HN3O7Pt-2. The van der Waals surface area contributed by atoms with Crippen LogP contribution in [0.2, 0.25) is 0 Å². The summed E-state index contributed by atoms with van der Waals surface area (Å²) >= 11 is 0. The third kappa shape index (κ3) is 226. The van der Waals surface area contributed by atoms with Gasteiger partial charge in [-0.15, -0.1) is 20.8 Å². The van der Waals surface area contributed by atoms with Crippen molar-refractivity contribution in [3.8, 4) is 0 Å². The Morgan fingerprint density at radius 2 is 1.18 bits per heavy atom.